The third kappa shape index (κ3) is 3.91. The maximum Gasteiger partial charge on any atom is 0.145 e. The Labute approximate surface area is 178 Å². The molecular weight excluding hydrogens is 356 g/mol. The molecular formula is C26H48OSi. The largest absolute Gasteiger partial charge is 0.428 e. The first-order valence-corrected chi connectivity index (χ1v) is 14.1. The molecule has 1 atom stereocenters. The maximum atomic E-state index is 5.97. The van der Waals surface area contributed by atoms with Gasteiger partial charge >= 0.3 is 0 Å². The normalized spacial score (nSPS) is 33.9. The van der Waals surface area contributed by atoms with E-state index in [1.165, 1.54) is 77.0 Å². The molecule has 162 valence electrons. The van der Waals surface area contributed by atoms with Crippen molar-refractivity contribution in [2.45, 2.75) is 128 Å². The van der Waals surface area contributed by atoms with Crippen LogP contribution in [0.15, 0.2) is 0 Å². The minimum absolute atomic E-state index is 0.625. The predicted octanol–water partition coefficient (Wildman–Crippen LogP) is 6.96. The molecule has 4 fully saturated rings. The molecule has 0 aliphatic heterocycles. The Balaban J connectivity index is 1.77. The Hall–Kier alpha value is 0.177. The molecule has 0 aromatic heterocycles. The molecule has 0 N–H and O–H groups in total. The lowest BCUT2D eigenvalue weighted by molar-refractivity contribution is -0.171. The number of rotatable bonds is 6. The highest BCUT2D eigenvalue weighted by Crippen LogP contribution is 2.69. The van der Waals surface area contributed by atoms with Gasteiger partial charge < -0.3 is 4.43 Å². The van der Waals surface area contributed by atoms with E-state index in [-0.39, 0.29) is 0 Å². The molecule has 0 aromatic rings. The molecule has 0 heterocycles. The average Bonchev–Trinajstić information content (AvgIpc) is 2.79. The summed E-state index contributed by atoms with van der Waals surface area (Å²) in [6.45, 7) is 1.07. The Morgan fingerprint density at radius 1 is 0.571 bits per heavy atom. The number of hydrogen-bond acceptors (Lipinski definition) is 1. The first-order valence-electron chi connectivity index (χ1n) is 13.3. The van der Waals surface area contributed by atoms with Crippen LogP contribution in [0.5, 0.6) is 0 Å². The summed E-state index contributed by atoms with van der Waals surface area (Å²) in [5, 5.41) is 0. The van der Waals surface area contributed by atoms with Gasteiger partial charge in [0.1, 0.15) is 10.5 Å². The molecule has 0 bridgehead atoms. The van der Waals surface area contributed by atoms with Crippen LogP contribution in [0.25, 0.3) is 0 Å². The fourth-order valence-electron chi connectivity index (χ4n) is 9.22. The van der Waals surface area contributed by atoms with Crippen LogP contribution in [0.2, 0.25) is 0 Å². The van der Waals surface area contributed by atoms with E-state index in [9.17, 15) is 0 Å². The molecule has 0 spiro atoms. The van der Waals surface area contributed by atoms with Gasteiger partial charge in [-0.1, -0.05) is 70.6 Å². The lowest BCUT2D eigenvalue weighted by Gasteiger charge is -2.66. The third-order valence-electron chi connectivity index (χ3n) is 10.2. The summed E-state index contributed by atoms with van der Waals surface area (Å²) in [7, 11) is 0.925. The summed E-state index contributed by atoms with van der Waals surface area (Å²) >= 11 is 0. The van der Waals surface area contributed by atoms with Gasteiger partial charge in [-0.25, -0.2) is 0 Å². The van der Waals surface area contributed by atoms with E-state index in [4.69, 9.17) is 4.43 Å². The second-order valence-corrected chi connectivity index (χ2v) is 11.7. The fraction of sp³-hybridized carbons (Fsp3) is 1.00. The van der Waals surface area contributed by atoms with Crippen molar-refractivity contribution in [2.75, 3.05) is 6.61 Å². The van der Waals surface area contributed by atoms with Gasteiger partial charge in [-0.2, -0.15) is 0 Å². The van der Waals surface area contributed by atoms with E-state index in [0.29, 0.717) is 10.8 Å². The zero-order valence-electron chi connectivity index (χ0n) is 19.0. The summed E-state index contributed by atoms with van der Waals surface area (Å²) in [6, 6.07) is 0. The van der Waals surface area contributed by atoms with Crippen molar-refractivity contribution < 1.29 is 4.43 Å². The average molecular weight is 405 g/mol. The van der Waals surface area contributed by atoms with Gasteiger partial charge in [-0.05, 0) is 86.4 Å². The monoisotopic (exact) mass is 404 g/mol. The van der Waals surface area contributed by atoms with Gasteiger partial charge in [-0.3, -0.25) is 0 Å². The maximum absolute atomic E-state index is 5.97. The molecule has 4 rings (SSSR count). The van der Waals surface area contributed by atoms with Crippen molar-refractivity contribution in [1.29, 1.82) is 0 Å². The van der Waals surface area contributed by atoms with Crippen LogP contribution < -0.4 is 0 Å². The third-order valence-corrected chi connectivity index (χ3v) is 10.6. The summed E-state index contributed by atoms with van der Waals surface area (Å²) in [6.07, 6.45) is 30.6. The van der Waals surface area contributed by atoms with E-state index in [1.54, 1.807) is 51.4 Å². The van der Waals surface area contributed by atoms with Crippen LogP contribution >= 0.6 is 0 Å². The summed E-state index contributed by atoms with van der Waals surface area (Å²) in [5.74, 6) is 3.10. The van der Waals surface area contributed by atoms with Crippen molar-refractivity contribution in [1.82, 2.24) is 0 Å². The van der Waals surface area contributed by atoms with E-state index in [1.807, 2.05) is 0 Å². The standard InChI is InChI=1S/C26H48OSi/c28-27-21-20-25(22-12-4-1-5-13-22)18-10-11-19-26(25,23-14-6-2-7-15-23)24-16-8-3-9-17-24/h22-24H,1-21H2,28H3. The molecule has 2 heteroatoms. The quantitative estimate of drug-likeness (QED) is 0.435. The van der Waals surface area contributed by atoms with Crippen molar-refractivity contribution >= 4 is 10.5 Å². The van der Waals surface area contributed by atoms with Crippen LogP contribution in [-0.2, 0) is 4.43 Å². The Morgan fingerprint density at radius 2 is 1.04 bits per heavy atom. The van der Waals surface area contributed by atoms with Gasteiger partial charge in [0.15, 0.2) is 0 Å². The Morgan fingerprint density at radius 3 is 1.54 bits per heavy atom. The summed E-state index contributed by atoms with van der Waals surface area (Å²) in [4.78, 5) is 0. The summed E-state index contributed by atoms with van der Waals surface area (Å²) in [5.41, 5.74) is 1.30. The molecule has 0 radical (unpaired) electrons. The predicted molar refractivity (Wildman–Crippen MR) is 124 cm³/mol. The number of hydrogen-bond donors (Lipinski definition) is 0. The van der Waals surface area contributed by atoms with Crippen LogP contribution in [0.1, 0.15) is 128 Å². The minimum Gasteiger partial charge on any atom is -0.428 e. The van der Waals surface area contributed by atoms with Crippen LogP contribution in [-0.4, -0.2) is 17.1 Å². The molecule has 0 aromatic carbocycles. The van der Waals surface area contributed by atoms with E-state index < -0.39 is 0 Å². The highest BCUT2D eigenvalue weighted by Gasteiger charge is 2.61. The van der Waals surface area contributed by atoms with E-state index >= 15 is 0 Å². The van der Waals surface area contributed by atoms with Gasteiger partial charge in [0.05, 0.1) is 0 Å². The van der Waals surface area contributed by atoms with E-state index in [2.05, 4.69) is 0 Å². The molecule has 4 aliphatic carbocycles. The lowest BCUT2D eigenvalue weighted by Crippen LogP contribution is -2.58. The summed E-state index contributed by atoms with van der Waals surface area (Å²) < 4.78 is 5.97. The van der Waals surface area contributed by atoms with Crippen molar-refractivity contribution in [3.8, 4) is 0 Å². The highest BCUT2D eigenvalue weighted by atomic mass is 28.2. The Kier molecular flexibility index (Phi) is 7.64. The minimum atomic E-state index is 0.625. The van der Waals surface area contributed by atoms with Gasteiger partial charge in [0, 0.05) is 6.61 Å². The topological polar surface area (TPSA) is 9.23 Å². The SMILES string of the molecule is [SiH3]OCCC1(C2CCCCC2)CCCCC1(C1CCCCC1)C1CCCCC1. The lowest BCUT2D eigenvalue weighted by atomic mass is 9.39. The van der Waals surface area contributed by atoms with Crippen LogP contribution in [0, 0.1) is 28.6 Å². The van der Waals surface area contributed by atoms with Crippen molar-refractivity contribution in [3.05, 3.63) is 0 Å². The molecule has 0 amide bonds. The molecule has 0 saturated heterocycles. The van der Waals surface area contributed by atoms with Gasteiger partial charge in [0.25, 0.3) is 0 Å². The molecule has 28 heavy (non-hydrogen) atoms. The first-order chi connectivity index (χ1) is 13.8. The van der Waals surface area contributed by atoms with Crippen molar-refractivity contribution in [2.24, 2.45) is 28.6 Å². The zero-order chi connectivity index (χ0) is 19.3. The van der Waals surface area contributed by atoms with Crippen LogP contribution in [0.4, 0.5) is 0 Å². The molecule has 1 nitrogen and oxygen atoms in total. The van der Waals surface area contributed by atoms with Gasteiger partial charge in [-0.15, -0.1) is 0 Å². The molecule has 1 unspecified atom stereocenters. The van der Waals surface area contributed by atoms with Crippen molar-refractivity contribution in [3.63, 3.8) is 0 Å². The first kappa shape index (κ1) is 21.4. The highest BCUT2D eigenvalue weighted by molar-refractivity contribution is 5.97. The zero-order valence-corrected chi connectivity index (χ0v) is 21.0. The Bertz CT molecular complexity index is 441. The fourth-order valence-corrected chi connectivity index (χ4v) is 9.42. The molecule has 4 aliphatic rings. The second-order valence-electron chi connectivity index (χ2n) is 11.2. The van der Waals surface area contributed by atoms with Gasteiger partial charge in [0.2, 0.25) is 0 Å². The van der Waals surface area contributed by atoms with E-state index in [0.717, 1.165) is 34.8 Å². The smallest absolute Gasteiger partial charge is 0.145 e. The second kappa shape index (κ2) is 9.99. The van der Waals surface area contributed by atoms with Crippen LogP contribution in [0.3, 0.4) is 0 Å². The molecule has 4 saturated carbocycles.